The zero-order valence-electron chi connectivity index (χ0n) is 10.2. The third-order valence-electron chi connectivity index (χ3n) is 1.99. The maximum atomic E-state index is 11.6. The minimum Gasteiger partial charge on any atom is -0.460 e. The van der Waals surface area contributed by atoms with Crippen molar-refractivity contribution in [2.45, 2.75) is 38.8 Å². The topological polar surface area (TPSA) is 65.2 Å². The Kier molecular flexibility index (Phi) is 4.48. The fraction of sp³-hybridized carbons (Fsp3) is 0.500. The molecule has 0 aromatic carbocycles. The summed E-state index contributed by atoms with van der Waals surface area (Å²) in [6.45, 7) is 5.46. The lowest BCUT2D eigenvalue weighted by molar-refractivity contribution is -0.155. The van der Waals surface area contributed by atoms with Crippen LogP contribution in [0.2, 0.25) is 5.15 Å². The zero-order valence-corrected chi connectivity index (χ0v) is 11.0. The summed E-state index contributed by atoms with van der Waals surface area (Å²) in [6.07, 6.45) is 1.68. The monoisotopic (exact) mass is 256 g/mol. The molecule has 1 rings (SSSR count). The van der Waals surface area contributed by atoms with E-state index in [9.17, 15) is 4.79 Å². The van der Waals surface area contributed by atoms with E-state index < -0.39 is 11.6 Å². The molecule has 1 atom stereocenters. The van der Waals surface area contributed by atoms with Gasteiger partial charge in [0.2, 0.25) is 0 Å². The van der Waals surface area contributed by atoms with Gasteiger partial charge in [-0.3, -0.25) is 4.79 Å². The Labute approximate surface area is 106 Å². The summed E-state index contributed by atoms with van der Waals surface area (Å²) in [6, 6.07) is 2.96. The number of nitrogens with zero attached hydrogens (tertiary/aromatic N) is 1. The van der Waals surface area contributed by atoms with Crippen LogP contribution in [0.4, 0.5) is 0 Å². The van der Waals surface area contributed by atoms with E-state index in [0.29, 0.717) is 5.15 Å². The maximum absolute atomic E-state index is 11.6. The first-order valence-corrected chi connectivity index (χ1v) is 5.74. The van der Waals surface area contributed by atoms with Crippen LogP contribution in [0.1, 0.15) is 38.8 Å². The fourth-order valence-electron chi connectivity index (χ4n) is 1.33. The molecular formula is C12H17ClN2O2. The van der Waals surface area contributed by atoms with Crippen LogP contribution >= 0.6 is 11.6 Å². The number of nitrogens with two attached hydrogens (primary N) is 1. The molecule has 0 spiro atoms. The number of hydrogen-bond acceptors (Lipinski definition) is 4. The average Bonchev–Trinajstić information content (AvgIpc) is 2.14. The maximum Gasteiger partial charge on any atom is 0.308 e. The minimum absolute atomic E-state index is 0.123. The zero-order chi connectivity index (χ0) is 13.1. The molecule has 1 heterocycles. The van der Waals surface area contributed by atoms with Gasteiger partial charge in [0.25, 0.3) is 0 Å². The number of halogens is 1. The Morgan fingerprint density at radius 1 is 1.59 bits per heavy atom. The predicted octanol–water partition coefficient (Wildman–Crippen LogP) is 2.47. The molecule has 0 radical (unpaired) electrons. The van der Waals surface area contributed by atoms with Gasteiger partial charge >= 0.3 is 5.97 Å². The lowest BCUT2D eigenvalue weighted by Gasteiger charge is -2.21. The van der Waals surface area contributed by atoms with Crippen molar-refractivity contribution in [3.05, 3.63) is 29.0 Å². The molecule has 2 N–H and O–H groups in total. The van der Waals surface area contributed by atoms with Crippen LogP contribution in [0.5, 0.6) is 0 Å². The van der Waals surface area contributed by atoms with E-state index in [2.05, 4.69) is 4.98 Å². The predicted molar refractivity (Wildman–Crippen MR) is 66.6 cm³/mol. The van der Waals surface area contributed by atoms with Gasteiger partial charge < -0.3 is 10.5 Å². The standard InChI is InChI=1S/C12H17ClN2O2/c1-12(2,3)17-11(16)7-9(14)8-4-5-15-10(13)6-8/h4-6,9H,7,14H2,1-3H3/t9-/m0/s1. The first-order chi connectivity index (χ1) is 7.78. The molecule has 0 saturated carbocycles. The molecule has 0 fully saturated rings. The third kappa shape index (κ3) is 5.15. The number of carbonyl (C=O) groups is 1. The van der Waals surface area contributed by atoms with Crippen LogP contribution in [0.3, 0.4) is 0 Å². The van der Waals surface area contributed by atoms with Gasteiger partial charge in [0.1, 0.15) is 10.8 Å². The average molecular weight is 257 g/mol. The molecule has 1 aromatic heterocycles. The quantitative estimate of drug-likeness (QED) is 0.667. The van der Waals surface area contributed by atoms with Crippen LogP contribution in [0, 0.1) is 0 Å². The molecular weight excluding hydrogens is 240 g/mol. The Morgan fingerprint density at radius 2 is 2.24 bits per heavy atom. The van der Waals surface area contributed by atoms with Crippen molar-refractivity contribution in [2.24, 2.45) is 5.73 Å². The van der Waals surface area contributed by atoms with Gasteiger partial charge in [-0.2, -0.15) is 0 Å². The molecule has 0 aliphatic heterocycles. The van der Waals surface area contributed by atoms with Gasteiger partial charge in [0.15, 0.2) is 0 Å². The molecule has 94 valence electrons. The van der Waals surface area contributed by atoms with Gasteiger partial charge in [-0.1, -0.05) is 11.6 Å². The van der Waals surface area contributed by atoms with Crippen LogP contribution < -0.4 is 5.73 Å². The summed E-state index contributed by atoms with van der Waals surface area (Å²) in [5, 5.41) is 0.363. The van der Waals surface area contributed by atoms with Crippen molar-refractivity contribution in [1.82, 2.24) is 4.98 Å². The summed E-state index contributed by atoms with van der Waals surface area (Å²) in [5.41, 5.74) is 6.18. The summed E-state index contributed by atoms with van der Waals surface area (Å²) in [7, 11) is 0. The van der Waals surface area contributed by atoms with Gasteiger partial charge in [-0.25, -0.2) is 4.98 Å². The van der Waals surface area contributed by atoms with Crippen LogP contribution in [0.15, 0.2) is 18.3 Å². The first-order valence-electron chi connectivity index (χ1n) is 5.37. The van der Waals surface area contributed by atoms with Crippen LogP contribution in [-0.4, -0.2) is 16.6 Å². The number of pyridine rings is 1. The Hall–Kier alpha value is -1.13. The Morgan fingerprint density at radius 3 is 2.76 bits per heavy atom. The molecule has 0 unspecified atom stereocenters. The molecule has 4 nitrogen and oxygen atoms in total. The highest BCUT2D eigenvalue weighted by Crippen LogP contribution is 2.18. The fourth-order valence-corrected chi connectivity index (χ4v) is 1.51. The van der Waals surface area contributed by atoms with Crippen molar-refractivity contribution in [3.8, 4) is 0 Å². The number of aromatic nitrogens is 1. The van der Waals surface area contributed by atoms with E-state index in [4.69, 9.17) is 22.1 Å². The SMILES string of the molecule is CC(C)(C)OC(=O)C[C@H](N)c1ccnc(Cl)c1. The molecule has 0 saturated heterocycles. The second kappa shape index (κ2) is 5.47. The summed E-state index contributed by atoms with van der Waals surface area (Å²) >= 11 is 5.75. The van der Waals surface area contributed by atoms with E-state index in [1.54, 1.807) is 18.3 Å². The summed E-state index contributed by atoms with van der Waals surface area (Å²) in [4.78, 5) is 15.4. The molecule has 0 bridgehead atoms. The van der Waals surface area contributed by atoms with Crippen LogP contribution in [0.25, 0.3) is 0 Å². The van der Waals surface area contributed by atoms with E-state index in [0.717, 1.165) is 5.56 Å². The van der Waals surface area contributed by atoms with E-state index in [1.807, 2.05) is 20.8 Å². The molecule has 1 aromatic rings. The number of esters is 1. The van der Waals surface area contributed by atoms with E-state index in [-0.39, 0.29) is 12.4 Å². The molecule has 0 amide bonds. The minimum atomic E-state index is -0.493. The molecule has 0 aliphatic carbocycles. The first kappa shape index (κ1) is 13.9. The van der Waals surface area contributed by atoms with Crippen molar-refractivity contribution in [2.75, 3.05) is 0 Å². The van der Waals surface area contributed by atoms with Gasteiger partial charge in [-0.15, -0.1) is 0 Å². The summed E-state index contributed by atoms with van der Waals surface area (Å²) < 4.78 is 5.19. The summed E-state index contributed by atoms with van der Waals surface area (Å²) in [5.74, 6) is -0.321. The molecule has 5 heteroatoms. The second-order valence-electron chi connectivity index (χ2n) is 4.81. The van der Waals surface area contributed by atoms with Crippen molar-refractivity contribution < 1.29 is 9.53 Å². The van der Waals surface area contributed by atoms with Gasteiger partial charge in [0.05, 0.1) is 6.42 Å². The lowest BCUT2D eigenvalue weighted by atomic mass is 10.1. The van der Waals surface area contributed by atoms with Gasteiger partial charge in [-0.05, 0) is 38.5 Å². The number of ether oxygens (including phenoxy) is 1. The van der Waals surface area contributed by atoms with Crippen LogP contribution in [-0.2, 0) is 9.53 Å². The van der Waals surface area contributed by atoms with E-state index >= 15 is 0 Å². The largest absolute Gasteiger partial charge is 0.460 e. The lowest BCUT2D eigenvalue weighted by Crippen LogP contribution is -2.26. The number of rotatable bonds is 3. The molecule has 17 heavy (non-hydrogen) atoms. The highest BCUT2D eigenvalue weighted by molar-refractivity contribution is 6.29. The van der Waals surface area contributed by atoms with Crippen molar-refractivity contribution in [1.29, 1.82) is 0 Å². The van der Waals surface area contributed by atoms with Gasteiger partial charge in [0, 0.05) is 12.2 Å². The smallest absolute Gasteiger partial charge is 0.308 e. The normalized spacial score (nSPS) is 13.2. The number of carbonyl (C=O) groups excluding carboxylic acids is 1. The second-order valence-corrected chi connectivity index (χ2v) is 5.20. The molecule has 0 aliphatic rings. The number of hydrogen-bond donors (Lipinski definition) is 1. The highest BCUT2D eigenvalue weighted by Gasteiger charge is 2.19. The van der Waals surface area contributed by atoms with Crippen molar-refractivity contribution >= 4 is 17.6 Å². The Balaban J connectivity index is 2.61. The highest BCUT2D eigenvalue weighted by atomic mass is 35.5. The van der Waals surface area contributed by atoms with Crippen molar-refractivity contribution in [3.63, 3.8) is 0 Å². The third-order valence-corrected chi connectivity index (χ3v) is 2.19. The Bertz CT molecular complexity index is 402. The van der Waals surface area contributed by atoms with E-state index in [1.165, 1.54) is 0 Å².